The smallest absolute Gasteiger partial charge is 0.191 e. The number of hydrogen-bond acceptors (Lipinski definition) is 4. The Hall–Kier alpha value is -1.24. The van der Waals surface area contributed by atoms with Crippen LogP contribution in [0.25, 0.3) is 0 Å². The lowest BCUT2D eigenvalue weighted by Gasteiger charge is -2.22. The van der Waals surface area contributed by atoms with Crippen LogP contribution < -0.4 is 10.6 Å². The molecule has 150 valence electrons. The number of guanidine groups is 1. The molecule has 1 aromatic rings. The van der Waals surface area contributed by atoms with Crippen LogP contribution in [0, 0.1) is 0 Å². The van der Waals surface area contributed by atoms with E-state index in [-0.39, 0.29) is 0 Å². The summed E-state index contributed by atoms with van der Waals surface area (Å²) < 4.78 is 11.4. The van der Waals surface area contributed by atoms with Crippen LogP contribution in [-0.2, 0) is 22.6 Å². The Morgan fingerprint density at radius 3 is 2.56 bits per heavy atom. The Labute approximate surface area is 167 Å². The van der Waals surface area contributed by atoms with E-state index in [9.17, 15) is 0 Å². The third-order valence-electron chi connectivity index (χ3n) is 5.42. The van der Waals surface area contributed by atoms with E-state index in [4.69, 9.17) is 9.47 Å². The van der Waals surface area contributed by atoms with Crippen molar-refractivity contribution in [1.29, 1.82) is 0 Å². The van der Waals surface area contributed by atoms with Gasteiger partial charge >= 0.3 is 0 Å². The topological polar surface area (TPSA) is 54.9 Å². The largest absolute Gasteiger partial charge is 0.381 e. The van der Waals surface area contributed by atoms with Crippen LogP contribution in [0.3, 0.4) is 0 Å². The van der Waals surface area contributed by atoms with E-state index in [2.05, 4.69) is 46.1 Å². The van der Waals surface area contributed by atoms with Crippen LogP contribution in [0.2, 0.25) is 0 Å². The van der Waals surface area contributed by atoms with Gasteiger partial charge in [0.2, 0.25) is 0 Å². The first-order valence-corrected chi connectivity index (χ1v) is 11.3. The number of aliphatic imine (C=N–C) groups is 1. The maximum Gasteiger partial charge on any atom is 0.191 e. The van der Waals surface area contributed by atoms with Crippen LogP contribution in [0.15, 0.2) is 29.3 Å². The molecule has 1 heterocycles. The van der Waals surface area contributed by atoms with Crippen molar-refractivity contribution in [3.8, 4) is 0 Å². The molecule has 2 unspecified atom stereocenters. The van der Waals surface area contributed by atoms with Crippen molar-refractivity contribution >= 4 is 17.7 Å². The molecule has 1 aliphatic heterocycles. The Balaban J connectivity index is 1.39. The number of benzene rings is 1. The molecule has 1 aliphatic carbocycles. The maximum absolute atomic E-state index is 5.99. The molecule has 3 rings (SSSR count). The number of thioether (sulfide) groups is 1. The van der Waals surface area contributed by atoms with Crippen LogP contribution >= 0.6 is 11.8 Å². The molecule has 0 spiro atoms. The summed E-state index contributed by atoms with van der Waals surface area (Å²) in [5.41, 5.74) is 2.47. The molecule has 0 amide bonds. The first-order valence-electron chi connectivity index (χ1n) is 10.0. The lowest BCUT2D eigenvalue weighted by molar-refractivity contribution is -0.0390. The average Bonchev–Trinajstić information content (AvgIpc) is 3.19. The number of ether oxygens (including phenoxy) is 2. The highest BCUT2D eigenvalue weighted by Gasteiger charge is 2.24. The minimum absolute atomic E-state index is 0.343. The highest BCUT2D eigenvalue weighted by molar-refractivity contribution is 7.99. The summed E-state index contributed by atoms with van der Waals surface area (Å²) >= 11 is 1.98. The van der Waals surface area contributed by atoms with Crippen LogP contribution in [-0.4, -0.2) is 49.9 Å². The lowest BCUT2D eigenvalue weighted by atomic mass is 10.1. The SMILES string of the molecule is CN=C(NCc1ccc(COC2CCOCC2)cc1)NC1CCC(SC)C1. The van der Waals surface area contributed by atoms with Crippen molar-refractivity contribution < 1.29 is 9.47 Å². The Bertz CT molecular complexity index is 588. The number of hydrogen-bond donors (Lipinski definition) is 2. The van der Waals surface area contributed by atoms with Gasteiger partial charge in [0.1, 0.15) is 0 Å². The van der Waals surface area contributed by atoms with Crippen molar-refractivity contribution in [2.45, 2.75) is 62.7 Å². The number of nitrogens with zero attached hydrogens (tertiary/aromatic N) is 1. The molecule has 1 saturated carbocycles. The fourth-order valence-corrected chi connectivity index (χ4v) is 4.47. The Morgan fingerprint density at radius 1 is 1.15 bits per heavy atom. The molecule has 0 radical (unpaired) electrons. The first-order chi connectivity index (χ1) is 13.3. The van der Waals surface area contributed by atoms with Crippen molar-refractivity contribution in [3.63, 3.8) is 0 Å². The van der Waals surface area contributed by atoms with Gasteiger partial charge in [-0.25, -0.2) is 0 Å². The molecule has 2 atom stereocenters. The second-order valence-corrected chi connectivity index (χ2v) is 8.52. The number of nitrogens with one attached hydrogen (secondary N) is 2. The van der Waals surface area contributed by atoms with E-state index in [0.29, 0.717) is 18.8 Å². The second kappa shape index (κ2) is 10.9. The van der Waals surface area contributed by atoms with Gasteiger partial charge in [-0.1, -0.05) is 24.3 Å². The van der Waals surface area contributed by atoms with Crippen molar-refractivity contribution in [2.24, 2.45) is 4.99 Å². The van der Waals surface area contributed by atoms with Crippen molar-refractivity contribution in [2.75, 3.05) is 26.5 Å². The molecular weight excluding hydrogens is 358 g/mol. The third kappa shape index (κ3) is 6.70. The zero-order valence-corrected chi connectivity index (χ0v) is 17.4. The van der Waals surface area contributed by atoms with Gasteiger partial charge in [-0.05, 0) is 49.5 Å². The molecule has 2 fully saturated rings. The summed E-state index contributed by atoms with van der Waals surface area (Å²) in [6, 6.07) is 9.20. The molecule has 1 saturated heterocycles. The predicted molar refractivity (Wildman–Crippen MR) is 113 cm³/mol. The van der Waals surface area contributed by atoms with Gasteiger partial charge in [0, 0.05) is 38.1 Å². The zero-order valence-electron chi connectivity index (χ0n) is 16.6. The van der Waals surface area contributed by atoms with Crippen LogP contribution in [0.4, 0.5) is 0 Å². The molecule has 27 heavy (non-hydrogen) atoms. The van der Waals surface area contributed by atoms with Crippen molar-refractivity contribution in [3.05, 3.63) is 35.4 Å². The summed E-state index contributed by atoms with van der Waals surface area (Å²) in [7, 11) is 1.84. The van der Waals surface area contributed by atoms with Gasteiger partial charge in [-0.2, -0.15) is 11.8 Å². The summed E-state index contributed by atoms with van der Waals surface area (Å²) in [6.45, 7) is 3.10. The van der Waals surface area contributed by atoms with Gasteiger partial charge in [0.05, 0.1) is 12.7 Å². The lowest BCUT2D eigenvalue weighted by Crippen LogP contribution is -2.42. The standard InChI is InChI=1S/C21H33N3O2S/c1-22-21(24-18-7-8-20(13-18)27-2)23-14-16-3-5-17(6-4-16)15-26-19-9-11-25-12-10-19/h3-6,18-20H,7-15H2,1-2H3,(H2,22,23,24). The predicted octanol–water partition coefficient (Wildman–Crippen LogP) is 3.33. The molecule has 6 heteroatoms. The molecule has 2 aliphatic rings. The monoisotopic (exact) mass is 391 g/mol. The maximum atomic E-state index is 5.99. The second-order valence-electron chi connectivity index (χ2n) is 7.38. The van der Waals surface area contributed by atoms with E-state index in [0.717, 1.165) is 43.8 Å². The molecule has 5 nitrogen and oxygen atoms in total. The highest BCUT2D eigenvalue weighted by Crippen LogP contribution is 2.28. The van der Waals surface area contributed by atoms with Gasteiger partial charge in [-0.3, -0.25) is 4.99 Å². The molecular formula is C21H33N3O2S. The average molecular weight is 392 g/mol. The minimum atomic E-state index is 0.343. The van der Waals surface area contributed by atoms with Gasteiger partial charge < -0.3 is 20.1 Å². The number of rotatable bonds is 7. The van der Waals surface area contributed by atoms with E-state index in [1.54, 1.807) is 0 Å². The van der Waals surface area contributed by atoms with Crippen LogP contribution in [0.5, 0.6) is 0 Å². The molecule has 1 aromatic carbocycles. The van der Waals surface area contributed by atoms with Crippen molar-refractivity contribution in [1.82, 2.24) is 10.6 Å². The molecule has 2 N–H and O–H groups in total. The molecule has 0 bridgehead atoms. The third-order valence-corrected chi connectivity index (χ3v) is 6.51. The first kappa shape index (κ1) is 20.5. The minimum Gasteiger partial charge on any atom is -0.381 e. The quantitative estimate of drug-likeness (QED) is 0.552. The van der Waals surface area contributed by atoms with Gasteiger partial charge in [-0.15, -0.1) is 0 Å². The normalized spacial score (nSPS) is 24.1. The van der Waals surface area contributed by atoms with E-state index >= 15 is 0 Å². The van der Waals surface area contributed by atoms with Crippen LogP contribution in [0.1, 0.15) is 43.2 Å². The highest BCUT2D eigenvalue weighted by atomic mass is 32.2. The summed E-state index contributed by atoms with van der Waals surface area (Å²) in [6.07, 6.45) is 8.32. The van der Waals surface area contributed by atoms with E-state index in [1.807, 2.05) is 18.8 Å². The van der Waals surface area contributed by atoms with E-state index in [1.165, 1.54) is 30.4 Å². The van der Waals surface area contributed by atoms with E-state index < -0.39 is 0 Å². The molecule has 0 aromatic heterocycles. The fraction of sp³-hybridized carbons (Fsp3) is 0.667. The Morgan fingerprint density at radius 2 is 1.89 bits per heavy atom. The fourth-order valence-electron chi connectivity index (χ4n) is 3.67. The van der Waals surface area contributed by atoms with Gasteiger partial charge in [0.15, 0.2) is 5.96 Å². The summed E-state index contributed by atoms with van der Waals surface area (Å²) in [5, 5.41) is 7.79. The summed E-state index contributed by atoms with van der Waals surface area (Å²) in [5.74, 6) is 0.897. The van der Waals surface area contributed by atoms with Gasteiger partial charge in [0.25, 0.3) is 0 Å². The Kier molecular flexibility index (Phi) is 8.30. The summed E-state index contributed by atoms with van der Waals surface area (Å²) in [4.78, 5) is 4.37. The zero-order chi connectivity index (χ0) is 18.9.